The van der Waals surface area contributed by atoms with Crippen molar-refractivity contribution in [3.8, 4) is 0 Å². The zero-order chi connectivity index (χ0) is 10.3. The molecule has 0 amide bonds. The molecular weight excluding hydrogens is 190 g/mol. The number of fused-ring (bicyclic) bond motifs is 2. The second kappa shape index (κ2) is 3.04. The van der Waals surface area contributed by atoms with Crippen LogP contribution in [0.1, 0.15) is 19.3 Å². The highest BCUT2D eigenvalue weighted by Crippen LogP contribution is 2.47. The molecule has 1 N–H and O–H groups in total. The van der Waals surface area contributed by atoms with Crippen LogP contribution in [0.5, 0.6) is 0 Å². The molecule has 4 heteroatoms. The molecule has 2 aliphatic rings. The molecule has 1 fully saturated rings. The number of carbonyl (C=O) groups is 1. The zero-order valence-corrected chi connectivity index (χ0v) is 7.62. The number of rotatable bonds is 3. The molecule has 3 atom stereocenters. The van der Waals surface area contributed by atoms with Gasteiger partial charge in [-0.1, -0.05) is 12.2 Å². The van der Waals surface area contributed by atoms with Crippen LogP contribution >= 0.6 is 0 Å². The molecule has 0 aromatic carbocycles. The molecule has 0 saturated heterocycles. The van der Waals surface area contributed by atoms with Gasteiger partial charge >= 0.3 is 11.9 Å². The van der Waals surface area contributed by atoms with E-state index in [9.17, 15) is 13.6 Å². The van der Waals surface area contributed by atoms with Crippen LogP contribution < -0.4 is 0 Å². The maximum atomic E-state index is 12.9. The zero-order valence-electron chi connectivity index (χ0n) is 7.62. The van der Waals surface area contributed by atoms with E-state index in [-0.39, 0.29) is 11.8 Å². The third kappa shape index (κ3) is 1.53. The molecule has 78 valence electrons. The van der Waals surface area contributed by atoms with Crippen LogP contribution in [-0.2, 0) is 4.79 Å². The molecule has 2 aliphatic carbocycles. The molecule has 2 nitrogen and oxygen atoms in total. The number of aliphatic carboxylic acids is 1. The van der Waals surface area contributed by atoms with Crippen LogP contribution in [0.15, 0.2) is 12.2 Å². The summed E-state index contributed by atoms with van der Waals surface area (Å²) in [6.07, 6.45) is 5.16. The number of carboxylic acids is 1. The first-order valence-electron chi connectivity index (χ1n) is 4.78. The van der Waals surface area contributed by atoms with E-state index in [4.69, 9.17) is 5.11 Å². The molecule has 0 radical (unpaired) electrons. The minimum atomic E-state index is -3.55. The average Bonchev–Trinajstić information content (AvgIpc) is 2.63. The highest BCUT2D eigenvalue weighted by Gasteiger charge is 2.46. The van der Waals surface area contributed by atoms with E-state index >= 15 is 0 Å². The van der Waals surface area contributed by atoms with Crippen LogP contribution in [0.25, 0.3) is 0 Å². The lowest BCUT2D eigenvalue weighted by Gasteiger charge is -2.21. The Hall–Kier alpha value is -0.930. The van der Waals surface area contributed by atoms with Crippen LogP contribution in [0.4, 0.5) is 8.78 Å². The summed E-state index contributed by atoms with van der Waals surface area (Å²) < 4.78 is 25.8. The van der Waals surface area contributed by atoms with Crippen molar-refractivity contribution in [3.05, 3.63) is 12.2 Å². The monoisotopic (exact) mass is 202 g/mol. The molecule has 0 aromatic rings. The van der Waals surface area contributed by atoms with Crippen molar-refractivity contribution < 1.29 is 18.7 Å². The SMILES string of the molecule is O=C(O)C(F)(F)CC1CC2C=CC1C2. The first-order valence-corrected chi connectivity index (χ1v) is 4.78. The largest absolute Gasteiger partial charge is 0.477 e. The Labute approximate surface area is 80.6 Å². The Morgan fingerprint density at radius 1 is 1.43 bits per heavy atom. The van der Waals surface area contributed by atoms with E-state index < -0.39 is 18.3 Å². The Morgan fingerprint density at radius 3 is 2.57 bits per heavy atom. The second-order valence-electron chi connectivity index (χ2n) is 4.25. The highest BCUT2D eigenvalue weighted by atomic mass is 19.3. The number of alkyl halides is 2. The van der Waals surface area contributed by atoms with Gasteiger partial charge in [-0.2, -0.15) is 8.78 Å². The highest BCUT2D eigenvalue weighted by molar-refractivity contribution is 5.75. The van der Waals surface area contributed by atoms with Gasteiger partial charge in [0.05, 0.1) is 0 Å². The summed E-state index contributed by atoms with van der Waals surface area (Å²) in [5, 5.41) is 8.30. The molecule has 1 saturated carbocycles. The maximum absolute atomic E-state index is 12.9. The molecule has 2 bridgehead atoms. The molecule has 3 unspecified atom stereocenters. The quantitative estimate of drug-likeness (QED) is 0.713. The smallest absolute Gasteiger partial charge is 0.374 e. The molecule has 0 spiro atoms. The van der Waals surface area contributed by atoms with Crippen molar-refractivity contribution >= 4 is 5.97 Å². The van der Waals surface area contributed by atoms with Crippen LogP contribution in [0.3, 0.4) is 0 Å². The Balaban J connectivity index is 1.99. The van der Waals surface area contributed by atoms with Gasteiger partial charge in [0.2, 0.25) is 0 Å². The lowest BCUT2D eigenvalue weighted by atomic mass is 9.88. The van der Waals surface area contributed by atoms with E-state index in [1.54, 1.807) is 0 Å². The third-order valence-electron chi connectivity index (χ3n) is 3.25. The van der Waals surface area contributed by atoms with Gasteiger partial charge < -0.3 is 5.11 Å². The average molecular weight is 202 g/mol. The summed E-state index contributed by atoms with van der Waals surface area (Å²) in [4.78, 5) is 10.2. The normalized spacial score (nSPS) is 35.1. The van der Waals surface area contributed by atoms with Crippen LogP contribution in [-0.4, -0.2) is 17.0 Å². The molecule has 0 aromatic heterocycles. The Morgan fingerprint density at radius 2 is 2.14 bits per heavy atom. The first-order chi connectivity index (χ1) is 6.49. The molecule has 14 heavy (non-hydrogen) atoms. The fraction of sp³-hybridized carbons (Fsp3) is 0.700. The lowest BCUT2D eigenvalue weighted by Crippen LogP contribution is -2.32. The van der Waals surface area contributed by atoms with E-state index in [0.717, 1.165) is 12.8 Å². The van der Waals surface area contributed by atoms with Gasteiger partial charge in [0.1, 0.15) is 0 Å². The number of hydrogen-bond donors (Lipinski definition) is 1. The molecule has 0 aliphatic heterocycles. The number of carboxylic acid groups (broad SMARTS) is 1. The predicted molar refractivity (Wildman–Crippen MR) is 46.0 cm³/mol. The van der Waals surface area contributed by atoms with Gasteiger partial charge in [-0.15, -0.1) is 0 Å². The van der Waals surface area contributed by atoms with E-state index in [1.165, 1.54) is 0 Å². The van der Waals surface area contributed by atoms with Crippen molar-refractivity contribution in [2.45, 2.75) is 25.2 Å². The van der Waals surface area contributed by atoms with Gasteiger partial charge in [0.15, 0.2) is 0 Å². The first kappa shape index (κ1) is 9.62. The summed E-state index contributed by atoms with van der Waals surface area (Å²) >= 11 is 0. The number of halogens is 2. The molecular formula is C10H12F2O2. The Bertz CT molecular complexity index is 286. The van der Waals surface area contributed by atoms with Crippen molar-refractivity contribution in [3.63, 3.8) is 0 Å². The van der Waals surface area contributed by atoms with Crippen molar-refractivity contribution in [1.82, 2.24) is 0 Å². The van der Waals surface area contributed by atoms with Crippen LogP contribution in [0, 0.1) is 17.8 Å². The summed E-state index contributed by atoms with van der Waals surface area (Å²) in [5.41, 5.74) is 0. The van der Waals surface area contributed by atoms with E-state index in [2.05, 4.69) is 6.08 Å². The topological polar surface area (TPSA) is 37.3 Å². The summed E-state index contributed by atoms with van der Waals surface area (Å²) in [6.45, 7) is 0. The van der Waals surface area contributed by atoms with Gasteiger partial charge in [0.25, 0.3) is 0 Å². The van der Waals surface area contributed by atoms with Gasteiger partial charge in [-0.25, -0.2) is 4.79 Å². The summed E-state index contributed by atoms with van der Waals surface area (Å²) in [6, 6.07) is 0. The van der Waals surface area contributed by atoms with E-state index in [0.29, 0.717) is 5.92 Å². The summed E-state index contributed by atoms with van der Waals surface area (Å²) in [5.74, 6) is -5.09. The van der Waals surface area contributed by atoms with Gasteiger partial charge in [-0.05, 0) is 30.6 Å². The van der Waals surface area contributed by atoms with Crippen LogP contribution in [0.2, 0.25) is 0 Å². The predicted octanol–water partition coefficient (Wildman–Crippen LogP) is 2.31. The fourth-order valence-corrected chi connectivity index (χ4v) is 2.55. The lowest BCUT2D eigenvalue weighted by molar-refractivity contribution is -0.167. The van der Waals surface area contributed by atoms with Gasteiger partial charge in [-0.3, -0.25) is 0 Å². The fourth-order valence-electron chi connectivity index (χ4n) is 2.55. The minimum absolute atomic E-state index is 0.143. The third-order valence-corrected chi connectivity index (χ3v) is 3.25. The van der Waals surface area contributed by atoms with Crippen molar-refractivity contribution in [2.24, 2.45) is 17.8 Å². The summed E-state index contributed by atoms with van der Waals surface area (Å²) in [7, 11) is 0. The standard InChI is InChI=1S/C10H12F2O2/c11-10(12,9(13)14)5-8-4-6-1-2-7(8)3-6/h1-2,6-8H,3-5H2,(H,13,14). The van der Waals surface area contributed by atoms with Gasteiger partial charge in [0, 0.05) is 6.42 Å². The van der Waals surface area contributed by atoms with Crippen molar-refractivity contribution in [2.75, 3.05) is 0 Å². The minimum Gasteiger partial charge on any atom is -0.477 e. The van der Waals surface area contributed by atoms with Crippen molar-refractivity contribution in [1.29, 1.82) is 0 Å². The second-order valence-corrected chi connectivity index (χ2v) is 4.25. The van der Waals surface area contributed by atoms with E-state index in [1.807, 2.05) is 6.08 Å². The molecule has 0 heterocycles. The number of allylic oxidation sites excluding steroid dienone is 2. The number of hydrogen-bond acceptors (Lipinski definition) is 1. The molecule has 2 rings (SSSR count). The Kier molecular flexibility index (Phi) is 2.09. The maximum Gasteiger partial charge on any atom is 0.374 e.